The maximum atomic E-state index is 12.1. The molecule has 0 bridgehead atoms. The van der Waals surface area contributed by atoms with Crippen molar-refractivity contribution in [1.82, 2.24) is 20.1 Å². The van der Waals surface area contributed by atoms with Crippen molar-refractivity contribution in [2.45, 2.75) is 25.7 Å². The lowest BCUT2D eigenvalue weighted by molar-refractivity contribution is -0.125. The number of carbonyl (C=O) groups is 2. The van der Waals surface area contributed by atoms with Crippen LogP contribution in [0.1, 0.15) is 36.0 Å². The molecule has 1 fully saturated rings. The number of nitrogens with zero attached hydrogens (tertiary/aromatic N) is 3. The number of carbonyl (C=O) groups excluding carboxylic acids is 2. The van der Waals surface area contributed by atoms with Crippen molar-refractivity contribution in [2.75, 3.05) is 13.2 Å². The van der Waals surface area contributed by atoms with E-state index in [1.165, 1.54) is 6.20 Å². The molecule has 0 spiro atoms. The minimum Gasteiger partial charge on any atom is -0.462 e. The SMILES string of the molecule is O=C(OCCC1CCCCNC1=O)c1cnn(-c2ccncc2)c1. The second kappa shape index (κ2) is 7.72. The molecule has 1 amide bonds. The average Bonchev–Trinajstić information content (AvgIpc) is 3.02. The third-order valence-electron chi connectivity index (χ3n) is 4.09. The van der Waals surface area contributed by atoms with E-state index in [0.29, 0.717) is 12.0 Å². The van der Waals surface area contributed by atoms with Gasteiger partial charge in [-0.1, -0.05) is 6.42 Å². The fourth-order valence-corrected chi connectivity index (χ4v) is 2.72. The summed E-state index contributed by atoms with van der Waals surface area (Å²) in [5.74, 6) is -0.432. The van der Waals surface area contributed by atoms with Crippen LogP contribution in [0.4, 0.5) is 0 Å². The maximum Gasteiger partial charge on any atom is 0.341 e. The minimum atomic E-state index is -0.427. The summed E-state index contributed by atoms with van der Waals surface area (Å²) in [6.45, 7) is 0.973. The molecule has 1 atom stereocenters. The fourth-order valence-electron chi connectivity index (χ4n) is 2.72. The molecule has 0 aromatic carbocycles. The molecule has 0 radical (unpaired) electrons. The molecule has 7 heteroatoms. The molecule has 2 aromatic heterocycles. The number of amides is 1. The van der Waals surface area contributed by atoms with E-state index in [9.17, 15) is 9.59 Å². The Kier molecular flexibility index (Phi) is 5.20. The zero-order valence-corrected chi connectivity index (χ0v) is 13.4. The summed E-state index contributed by atoms with van der Waals surface area (Å²) in [6.07, 6.45) is 9.85. The minimum absolute atomic E-state index is 0.0639. The molecule has 0 aliphatic carbocycles. The van der Waals surface area contributed by atoms with Crippen LogP contribution in [0.15, 0.2) is 36.9 Å². The predicted molar refractivity (Wildman–Crippen MR) is 86.6 cm³/mol. The van der Waals surface area contributed by atoms with E-state index >= 15 is 0 Å². The first kappa shape index (κ1) is 16.2. The van der Waals surface area contributed by atoms with Gasteiger partial charge in [-0.05, 0) is 31.4 Å². The highest BCUT2D eigenvalue weighted by molar-refractivity contribution is 5.88. The monoisotopic (exact) mass is 328 g/mol. The van der Waals surface area contributed by atoms with E-state index in [2.05, 4.69) is 15.4 Å². The maximum absolute atomic E-state index is 12.1. The predicted octanol–water partition coefficient (Wildman–Crippen LogP) is 1.73. The summed E-state index contributed by atoms with van der Waals surface area (Å²) in [6, 6.07) is 3.60. The van der Waals surface area contributed by atoms with Crippen LogP contribution in [-0.4, -0.2) is 39.8 Å². The average molecular weight is 328 g/mol. The molecule has 1 N–H and O–H groups in total. The molecule has 3 heterocycles. The molecule has 7 nitrogen and oxygen atoms in total. The zero-order chi connectivity index (χ0) is 16.8. The third-order valence-corrected chi connectivity index (χ3v) is 4.09. The van der Waals surface area contributed by atoms with Crippen molar-refractivity contribution in [3.63, 3.8) is 0 Å². The van der Waals surface area contributed by atoms with Gasteiger partial charge in [-0.15, -0.1) is 0 Å². The number of pyridine rings is 1. The van der Waals surface area contributed by atoms with Gasteiger partial charge in [-0.25, -0.2) is 9.48 Å². The Morgan fingerprint density at radius 2 is 2.17 bits per heavy atom. The molecular weight excluding hydrogens is 308 g/mol. The van der Waals surface area contributed by atoms with Crippen LogP contribution in [0.3, 0.4) is 0 Å². The summed E-state index contributed by atoms with van der Waals surface area (Å²) in [5, 5.41) is 7.04. The molecule has 1 unspecified atom stereocenters. The van der Waals surface area contributed by atoms with Crippen LogP contribution < -0.4 is 5.32 Å². The highest BCUT2D eigenvalue weighted by Crippen LogP contribution is 2.16. The molecule has 1 aliphatic heterocycles. The van der Waals surface area contributed by atoms with Gasteiger partial charge in [0.1, 0.15) is 0 Å². The number of rotatable bonds is 5. The van der Waals surface area contributed by atoms with Crippen LogP contribution >= 0.6 is 0 Å². The second-order valence-electron chi connectivity index (χ2n) is 5.79. The molecular formula is C17H20N4O3. The number of hydrogen-bond acceptors (Lipinski definition) is 5. The second-order valence-corrected chi connectivity index (χ2v) is 5.79. The number of nitrogens with one attached hydrogen (secondary N) is 1. The normalized spacial score (nSPS) is 17.8. The zero-order valence-electron chi connectivity index (χ0n) is 13.4. The Morgan fingerprint density at radius 1 is 1.33 bits per heavy atom. The van der Waals surface area contributed by atoms with Gasteiger partial charge < -0.3 is 10.1 Å². The fraction of sp³-hybridized carbons (Fsp3) is 0.412. The van der Waals surface area contributed by atoms with Crippen molar-refractivity contribution in [3.05, 3.63) is 42.5 Å². The quantitative estimate of drug-likeness (QED) is 0.845. The van der Waals surface area contributed by atoms with Gasteiger partial charge in [0.05, 0.1) is 24.1 Å². The van der Waals surface area contributed by atoms with Crippen LogP contribution in [0.5, 0.6) is 0 Å². The van der Waals surface area contributed by atoms with E-state index in [1.54, 1.807) is 35.4 Å². The van der Waals surface area contributed by atoms with Crippen LogP contribution in [0.25, 0.3) is 5.69 Å². The molecule has 24 heavy (non-hydrogen) atoms. The first-order valence-electron chi connectivity index (χ1n) is 8.14. The van der Waals surface area contributed by atoms with Gasteiger partial charge in [-0.2, -0.15) is 5.10 Å². The highest BCUT2D eigenvalue weighted by Gasteiger charge is 2.21. The number of ether oxygens (including phenoxy) is 1. The highest BCUT2D eigenvalue weighted by atomic mass is 16.5. The van der Waals surface area contributed by atoms with E-state index in [1.807, 2.05) is 0 Å². The molecule has 1 aliphatic rings. The van der Waals surface area contributed by atoms with Crippen LogP contribution in [-0.2, 0) is 9.53 Å². The Morgan fingerprint density at radius 3 is 3.00 bits per heavy atom. The standard InChI is InChI=1S/C17H20N4O3/c22-16-13(3-1-2-7-19-16)6-10-24-17(23)14-11-20-21(12-14)15-4-8-18-9-5-15/h4-5,8-9,11-13H,1-3,6-7,10H2,(H,19,22). The number of esters is 1. The molecule has 0 saturated carbocycles. The molecule has 126 valence electrons. The van der Waals surface area contributed by atoms with Crippen molar-refractivity contribution in [1.29, 1.82) is 0 Å². The van der Waals surface area contributed by atoms with E-state index in [0.717, 1.165) is 31.5 Å². The van der Waals surface area contributed by atoms with Crippen molar-refractivity contribution in [3.8, 4) is 5.69 Å². The lowest BCUT2D eigenvalue weighted by Crippen LogP contribution is -2.29. The Labute approximate surface area is 140 Å². The summed E-state index contributed by atoms with van der Waals surface area (Å²) in [7, 11) is 0. The van der Waals surface area contributed by atoms with Gasteiger partial charge in [0, 0.05) is 31.1 Å². The number of aromatic nitrogens is 3. The topological polar surface area (TPSA) is 86.1 Å². The first-order valence-corrected chi connectivity index (χ1v) is 8.14. The lowest BCUT2D eigenvalue weighted by atomic mass is 9.99. The number of hydrogen-bond donors (Lipinski definition) is 1. The van der Waals surface area contributed by atoms with Crippen LogP contribution in [0.2, 0.25) is 0 Å². The smallest absolute Gasteiger partial charge is 0.341 e. The van der Waals surface area contributed by atoms with E-state index < -0.39 is 5.97 Å². The molecule has 2 aromatic rings. The summed E-state index contributed by atoms with van der Waals surface area (Å²) < 4.78 is 6.88. The largest absolute Gasteiger partial charge is 0.462 e. The van der Waals surface area contributed by atoms with Crippen molar-refractivity contribution in [2.24, 2.45) is 5.92 Å². The molecule has 1 saturated heterocycles. The Balaban J connectivity index is 1.52. The van der Waals surface area contributed by atoms with E-state index in [4.69, 9.17) is 4.74 Å². The Hall–Kier alpha value is -2.70. The summed E-state index contributed by atoms with van der Waals surface area (Å²) >= 11 is 0. The van der Waals surface area contributed by atoms with Gasteiger partial charge in [0.2, 0.25) is 5.91 Å². The summed E-state index contributed by atoms with van der Waals surface area (Å²) in [4.78, 5) is 27.9. The van der Waals surface area contributed by atoms with Gasteiger partial charge >= 0.3 is 5.97 Å². The lowest BCUT2D eigenvalue weighted by Gasteiger charge is -2.12. The first-order chi connectivity index (χ1) is 11.7. The van der Waals surface area contributed by atoms with Crippen molar-refractivity contribution >= 4 is 11.9 Å². The van der Waals surface area contributed by atoms with Gasteiger partial charge in [-0.3, -0.25) is 9.78 Å². The third kappa shape index (κ3) is 3.98. The molecule has 3 rings (SSSR count). The summed E-state index contributed by atoms with van der Waals surface area (Å²) in [5.41, 5.74) is 1.20. The van der Waals surface area contributed by atoms with E-state index in [-0.39, 0.29) is 18.4 Å². The van der Waals surface area contributed by atoms with Gasteiger partial charge in [0.15, 0.2) is 0 Å². The van der Waals surface area contributed by atoms with Gasteiger partial charge in [0.25, 0.3) is 0 Å². The Bertz CT molecular complexity index is 699. The van der Waals surface area contributed by atoms with Crippen molar-refractivity contribution < 1.29 is 14.3 Å². The van der Waals surface area contributed by atoms with Crippen LogP contribution in [0, 0.1) is 5.92 Å².